The van der Waals surface area contributed by atoms with Gasteiger partial charge in [-0.15, -0.1) is 13.2 Å². The summed E-state index contributed by atoms with van der Waals surface area (Å²) in [5.41, 5.74) is -0.552. The first-order valence-corrected chi connectivity index (χ1v) is 13.3. The van der Waals surface area contributed by atoms with Crippen molar-refractivity contribution in [2.24, 2.45) is 11.8 Å². The van der Waals surface area contributed by atoms with Crippen molar-refractivity contribution in [2.45, 2.75) is 35.4 Å². The number of aliphatic hydroxyl groups is 1. The van der Waals surface area contributed by atoms with Gasteiger partial charge in [-0.1, -0.05) is 39.7 Å². The fourth-order valence-electron chi connectivity index (χ4n) is 5.93. The van der Waals surface area contributed by atoms with Crippen LogP contribution in [0.25, 0.3) is 0 Å². The summed E-state index contributed by atoms with van der Waals surface area (Å²) in [6, 6.07) is 5.92. The Labute approximate surface area is 224 Å². The molecule has 8 nitrogen and oxygen atoms in total. The number of nitrogens with zero attached hydrogens (tertiary/aromatic N) is 3. The second kappa shape index (κ2) is 10.7. The summed E-state index contributed by atoms with van der Waals surface area (Å²) in [4.78, 5) is 46.1. The van der Waals surface area contributed by atoms with Gasteiger partial charge < -0.3 is 24.5 Å². The van der Waals surface area contributed by atoms with E-state index in [1.165, 1.54) is 9.80 Å². The van der Waals surface area contributed by atoms with Crippen molar-refractivity contribution in [1.29, 1.82) is 0 Å². The van der Waals surface area contributed by atoms with Crippen LogP contribution in [0.1, 0.15) is 12.8 Å². The highest BCUT2D eigenvalue weighted by Gasteiger charge is 2.76. The highest BCUT2D eigenvalue weighted by Crippen LogP contribution is 2.60. The van der Waals surface area contributed by atoms with Gasteiger partial charge in [0.05, 0.1) is 17.9 Å². The van der Waals surface area contributed by atoms with Crippen molar-refractivity contribution in [3.8, 4) is 0 Å². The van der Waals surface area contributed by atoms with Crippen molar-refractivity contribution in [1.82, 2.24) is 9.80 Å². The summed E-state index contributed by atoms with van der Waals surface area (Å²) < 4.78 is 6.52. The number of anilines is 1. The lowest BCUT2D eigenvalue weighted by Gasteiger charge is -2.37. The molecule has 4 rings (SSSR count). The third-order valence-electron chi connectivity index (χ3n) is 7.36. The summed E-state index contributed by atoms with van der Waals surface area (Å²) in [7, 11) is 1.67. The molecular weight excluding hydrogens is 550 g/mol. The molecule has 3 aliphatic rings. The van der Waals surface area contributed by atoms with E-state index < -0.39 is 29.6 Å². The number of carbonyl (C=O) groups is 3. The van der Waals surface area contributed by atoms with Crippen LogP contribution in [0.5, 0.6) is 0 Å². The van der Waals surface area contributed by atoms with Crippen LogP contribution in [-0.4, -0.2) is 88.5 Å². The monoisotopic (exact) mass is 579 g/mol. The predicted octanol–water partition coefficient (Wildman–Crippen LogP) is 2.63. The Morgan fingerprint density at radius 3 is 2.53 bits per heavy atom. The summed E-state index contributed by atoms with van der Waals surface area (Å²) in [6.07, 6.45) is 3.43. The van der Waals surface area contributed by atoms with Crippen LogP contribution in [0, 0.1) is 11.8 Å². The van der Waals surface area contributed by atoms with E-state index >= 15 is 0 Å². The van der Waals surface area contributed by atoms with E-state index in [9.17, 15) is 19.5 Å². The van der Waals surface area contributed by atoms with E-state index in [-0.39, 0.29) is 42.2 Å². The molecule has 3 fully saturated rings. The summed E-state index contributed by atoms with van der Waals surface area (Å²) in [5.74, 6) is -2.33. The Morgan fingerprint density at radius 1 is 1.25 bits per heavy atom. The van der Waals surface area contributed by atoms with E-state index in [1.54, 1.807) is 48.4 Å². The SMILES string of the molecule is C=CCN(C)C(=O)[C@H]1[C@H]2C(=O)N(CCCO)C(C(=O)N(CC=C)c3ccc(Cl)cc3)C23CC(Br)[C@@H]1O3. The first-order valence-electron chi connectivity index (χ1n) is 12.0. The van der Waals surface area contributed by atoms with Crippen LogP contribution in [-0.2, 0) is 19.1 Å². The third-order valence-corrected chi connectivity index (χ3v) is 8.46. The van der Waals surface area contributed by atoms with Gasteiger partial charge in [-0.25, -0.2) is 0 Å². The first-order chi connectivity index (χ1) is 17.2. The minimum Gasteiger partial charge on any atom is -0.396 e. The molecular formula is C26H31BrClN3O5. The second-order valence-electron chi connectivity index (χ2n) is 9.49. The zero-order valence-electron chi connectivity index (χ0n) is 20.2. The molecule has 1 aromatic carbocycles. The molecule has 3 heterocycles. The minimum atomic E-state index is -1.16. The zero-order valence-corrected chi connectivity index (χ0v) is 22.5. The Balaban J connectivity index is 1.78. The van der Waals surface area contributed by atoms with Gasteiger partial charge >= 0.3 is 0 Å². The molecule has 3 amide bonds. The van der Waals surface area contributed by atoms with E-state index in [4.69, 9.17) is 16.3 Å². The van der Waals surface area contributed by atoms with Crippen molar-refractivity contribution < 1.29 is 24.2 Å². The molecule has 6 atom stereocenters. The van der Waals surface area contributed by atoms with Gasteiger partial charge in [-0.05, 0) is 37.1 Å². The normalized spacial score (nSPS) is 30.3. The van der Waals surface area contributed by atoms with E-state index in [1.807, 2.05) is 0 Å². The highest BCUT2D eigenvalue weighted by atomic mass is 79.9. The number of amides is 3. The number of likely N-dealkylation sites (tertiary alicyclic amines) is 1. The molecule has 36 heavy (non-hydrogen) atoms. The zero-order chi connectivity index (χ0) is 26.2. The number of aliphatic hydroxyl groups excluding tert-OH is 1. The second-order valence-corrected chi connectivity index (χ2v) is 11.1. The Bertz CT molecular complexity index is 1050. The maximum atomic E-state index is 14.3. The summed E-state index contributed by atoms with van der Waals surface area (Å²) in [5, 5.41) is 10.0. The lowest BCUT2D eigenvalue weighted by molar-refractivity contribution is -0.144. The molecule has 0 radical (unpaired) electrons. The molecule has 1 spiro atoms. The fourth-order valence-corrected chi connectivity index (χ4v) is 7.00. The number of carbonyl (C=O) groups excluding carboxylic acids is 3. The summed E-state index contributed by atoms with van der Waals surface area (Å²) in [6.45, 7) is 8.10. The Morgan fingerprint density at radius 2 is 1.92 bits per heavy atom. The van der Waals surface area contributed by atoms with Gasteiger partial charge in [0, 0.05) is 48.8 Å². The van der Waals surface area contributed by atoms with Gasteiger partial charge in [0.15, 0.2) is 0 Å². The largest absolute Gasteiger partial charge is 0.396 e. The number of likely N-dealkylation sites (N-methyl/N-ethyl adjacent to an activating group) is 1. The molecule has 3 saturated heterocycles. The molecule has 2 bridgehead atoms. The van der Waals surface area contributed by atoms with Crippen molar-refractivity contribution in [3.63, 3.8) is 0 Å². The Hall–Kier alpha value is -2.20. The smallest absolute Gasteiger partial charge is 0.253 e. The number of hydrogen-bond donors (Lipinski definition) is 1. The van der Waals surface area contributed by atoms with Crippen LogP contribution in [0.4, 0.5) is 5.69 Å². The van der Waals surface area contributed by atoms with Crippen LogP contribution in [0.3, 0.4) is 0 Å². The molecule has 1 aromatic rings. The highest BCUT2D eigenvalue weighted by molar-refractivity contribution is 9.09. The van der Waals surface area contributed by atoms with Crippen molar-refractivity contribution >= 4 is 50.9 Å². The fraction of sp³-hybridized carbons (Fsp3) is 0.500. The van der Waals surface area contributed by atoms with Crippen LogP contribution in [0.2, 0.25) is 5.02 Å². The first kappa shape index (κ1) is 26.9. The number of alkyl halides is 1. The number of halogens is 2. The third kappa shape index (κ3) is 4.30. The molecule has 0 aromatic heterocycles. The average molecular weight is 581 g/mol. The lowest BCUT2D eigenvalue weighted by atomic mass is 9.70. The molecule has 3 aliphatic heterocycles. The van der Waals surface area contributed by atoms with Crippen LogP contribution in [0.15, 0.2) is 49.6 Å². The van der Waals surface area contributed by atoms with Gasteiger partial charge in [0.1, 0.15) is 11.6 Å². The number of fused-ring (bicyclic) bond motifs is 1. The molecule has 0 aliphatic carbocycles. The average Bonchev–Trinajstić information content (AvgIpc) is 3.44. The standard InChI is InChI=1S/C26H31BrClN3O5/c1-4-11-29(3)23(33)19-20-24(34)31(13-6-14-32)22(26(20)15-18(27)21(19)36-26)25(35)30(12-5-2)17-9-7-16(28)8-10-17/h4-5,7-10,18-22,32H,1-2,6,11-15H2,3H3/t18?,19-,20-,21-,22?,26?/m0/s1. The maximum Gasteiger partial charge on any atom is 0.253 e. The Kier molecular flexibility index (Phi) is 7.95. The van der Waals surface area contributed by atoms with Gasteiger partial charge in [0.25, 0.3) is 5.91 Å². The maximum absolute atomic E-state index is 14.3. The van der Waals surface area contributed by atoms with Crippen LogP contribution >= 0.6 is 27.5 Å². The predicted molar refractivity (Wildman–Crippen MR) is 141 cm³/mol. The van der Waals surface area contributed by atoms with Gasteiger partial charge in [-0.2, -0.15) is 0 Å². The van der Waals surface area contributed by atoms with Crippen LogP contribution < -0.4 is 4.90 Å². The van der Waals surface area contributed by atoms with E-state index in [0.717, 1.165) is 0 Å². The van der Waals surface area contributed by atoms with Gasteiger partial charge in [0.2, 0.25) is 11.8 Å². The molecule has 1 N–H and O–H groups in total. The molecule has 0 saturated carbocycles. The van der Waals surface area contributed by atoms with Crippen molar-refractivity contribution in [2.75, 3.05) is 38.2 Å². The van der Waals surface area contributed by atoms with Gasteiger partial charge in [-0.3, -0.25) is 14.4 Å². The number of ether oxygens (including phenoxy) is 1. The minimum absolute atomic E-state index is 0.134. The lowest BCUT2D eigenvalue weighted by Crippen LogP contribution is -2.57. The van der Waals surface area contributed by atoms with E-state index in [0.29, 0.717) is 30.1 Å². The summed E-state index contributed by atoms with van der Waals surface area (Å²) >= 11 is 9.74. The number of benzene rings is 1. The molecule has 10 heteroatoms. The van der Waals surface area contributed by atoms with Crippen molar-refractivity contribution in [3.05, 3.63) is 54.6 Å². The molecule has 3 unspecified atom stereocenters. The van der Waals surface area contributed by atoms with E-state index in [2.05, 4.69) is 29.1 Å². The number of hydrogen-bond acceptors (Lipinski definition) is 5. The quantitative estimate of drug-likeness (QED) is 0.340. The number of rotatable bonds is 10. The topological polar surface area (TPSA) is 90.4 Å². The molecule has 194 valence electrons.